The molecule has 0 amide bonds. The molecular weight excluding hydrogens is 484 g/mol. The standard InChI is InChI=1S/C22H13N2.Ir/c1-2-8-15(9-3-1)20-14-23-21-18-12-6-4-10-16(18)17-11-5-7-13-19(17)22(21)24-20;/h1-11,13-14H;/q-1;. The molecule has 0 aliphatic carbocycles. The van der Waals surface area contributed by atoms with E-state index in [2.05, 4.69) is 48.5 Å². The smallest absolute Gasteiger partial charge is 0.0873 e. The third kappa shape index (κ3) is 2.53. The van der Waals surface area contributed by atoms with Crippen LogP contribution < -0.4 is 0 Å². The molecule has 0 saturated heterocycles. The second-order valence-electron chi connectivity index (χ2n) is 5.82. The van der Waals surface area contributed by atoms with E-state index in [0.29, 0.717) is 0 Å². The molecule has 5 rings (SSSR count). The second-order valence-corrected chi connectivity index (χ2v) is 5.82. The van der Waals surface area contributed by atoms with E-state index >= 15 is 0 Å². The first-order chi connectivity index (χ1) is 11.9. The van der Waals surface area contributed by atoms with E-state index in [1.807, 2.05) is 36.5 Å². The van der Waals surface area contributed by atoms with Crippen LogP contribution in [0.5, 0.6) is 0 Å². The van der Waals surface area contributed by atoms with E-state index in [1.165, 1.54) is 10.8 Å². The van der Waals surface area contributed by atoms with Crippen molar-refractivity contribution in [2.45, 2.75) is 0 Å². The fourth-order valence-electron chi connectivity index (χ4n) is 3.29. The molecule has 0 fully saturated rings. The molecule has 0 N–H and O–H groups in total. The predicted molar refractivity (Wildman–Crippen MR) is 98.8 cm³/mol. The zero-order valence-electron chi connectivity index (χ0n) is 13.2. The van der Waals surface area contributed by atoms with Crippen molar-refractivity contribution in [2.24, 2.45) is 0 Å². The van der Waals surface area contributed by atoms with Crippen molar-refractivity contribution in [1.82, 2.24) is 9.97 Å². The molecule has 5 aromatic rings. The molecule has 0 unspecified atom stereocenters. The summed E-state index contributed by atoms with van der Waals surface area (Å²) in [5.41, 5.74) is 3.81. The van der Waals surface area contributed by atoms with Gasteiger partial charge < -0.3 is 4.98 Å². The quantitative estimate of drug-likeness (QED) is 0.229. The van der Waals surface area contributed by atoms with Crippen molar-refractivity contribution in [3.05, 3.63) is 85.1 Å². The Morgan fingerprint density at radius 1 is 0.680 bits per heavy atom. The van der Waals surface area contributed by atoms with Gasteiger partial charge in [0.1, 0.15) is 0 Å². The third-order valence-corrected chi connectivity index (χ3v) is 4.41. The van der Waals surface area contributed by atoms with Crippen LogP contribution in [0.25, 0.3) is 43.8 Å². The van der Waals surface area contributed by atoms with Gasteiger partial charge >= 0.3 is 0 Å². The van der Waals surface area contributed by atoms with Crippen molar-refractivity contribution < 1.29 is 20.1 Å². The summed E-state index contributed by atoms with van der Waals surface area (Å²) in [5.74, 6) is 0. The molecule has 4 aromatic carbocycles. The number of nitrogens with zero attached hydrogens (tertiary/aromatic N) is 2. The van der Waals surface area contributed by atoms with Gasteiger partial charge in [-0.25, -0.2) is 0 Å². The Morgan fingerprint density at radius 3 is 2.24 bits per heavy atom. The normalized spacial score (nSPS) is 10.9. The Morgan fingerprint density at radius 2 is 1.40 bits per heavy atom. The van der Waals surface area contributed by atoms with Gasteiger partial charge in [0.2, 0.25) is 0 Å². The largest absolute Gasteiger partial charge is 0.300 e. The van der Waals surface area contributed by atoms with Gasteiger partial charge in [-0.1, -0.05) is 65.4 Å². The van der Waals surface area contributed by atoms with Crippen LogP contribution in [0.3, 0.4) is 0 Å². The topological polar surface area (TPSA) is 25.8 Å². The molecule has 0 bridgehead atoms. The molecule has 0 aliphatic rings. The Hall–Kier alpha value is -2.61. The SMILES string of the molecule is [Ir].[c-]1cccc2c1c1ncc(-c3ccccc3)nc1c1ccccc21. The van der Waals surface area contributed by atoms with Crippen LogP contribution in [0, 0.1) is 6.07 Å². The van der Waals surface area contributed by atoms with E-state index < -0.39 is 0 Å². The third-order valence-electron chi connectivity index (χ3n) is 4.41. The first-order valence-corrected chi connectivity index (χ1v) is 7.95. The van der Waals surface area contributed by atoms with Crippen molar-refractivity contribution in [3.8, 4) is 11.3 Å². The Bertz CT molecular complexity index is 1160. The Balaban J connectivity index is 0.00000157. The fourth-order valence-corrected chi connectivity index (χ4v) is 3.29. The van der Waals surface area contributed by atoms with Crippen LogP contribution in [-0.2, 0) is 20.1 Å². The average Bonchev–Trinajstić information content (AvgIpc) is 2.68. The summed E-state index contributed by atoms with van der Waals surface area (Å²) < 4.78 is 0. The second kappa shape index (κ2) is 6.36. The van der Waals surface area contributed by atoms with E-state index in [4.69, 9.17) is 9.97 Å². The van der Waals surface area contributed by atoms with Crippen LogP contribution in [0.1, 0.15) is 0 Å². The molecule has 0 aliphatic heterocycles. The van der Waals surface area contributed by atoms with Gasteiger partial charge in [-0.3, -0.25) is 4.98 Å². The Labute approximate surface area is 158 Å². The summed E-state index contributed by atoms with van der Waals surface area (Å²) >= 11 is 0. The van der Waals surface area contributed by atoms with E-state index in [-0.39, 0.29) is 20.1 Å². The summed E-state index contributed by atoms with van der Waals surface area (Å²) in [7, 11) is 0. The maximum Gasteiger partial charge on any atom is 0.0873 e. The van der Waals surface area contributed by atoms with Gasteiger partial charge in [0.15, 0.2) is 0 Å². The van der Waals surface area contributed by atoms with Gasteiger partial charge in [-0.2, -0.15) is 0 Å². The Kier molecular flexibility index (Phi) is 4.04. The van der Waals surface area contributed by atoms with Crippen molar-refractivity contribution >= 4 is 32.6 Å². The molecule has 1 radical (unpaired) electrons. The van der Waals surface area contributed by atoms with Crippen LogP contribution >= 0.6 is 0 Å². The molecule has 121 valence electrons. The maximum absolute atomic E-state index is 4.94. The van der Waals surface area contributed by atoms with Gasteiger partial charge in [0.05, 0.1) is 11.2 Å². The zero-order valence-corrected chi connectivity index (χ0v) is 15.6. The summed E-state index contributed by atoms with van der Waals surface area (Å²) in [6.07, 6.45) is 1.85. The molecule has 1 aromatic heterocycles. The average molecular weight is 498 g/mol. The van der Waals surface area contributed by atoms with E-state index in [0.717, 1.165) is 33.1 Å². The molecule has 3 heteroatoms. The number of aromatic nitrogens is 2. The van der Waals surface area contributed by atoms with Crippen molar-refractivity contribution in [3.63, 3.8) is 0 Å². The predicted octanol–water partition coefficient (Wildman–Crippen LogP) is 5.40. The van der Waals surface area contributed by atoms with Crippen molar-refractivity contribution in [2.75, 3.05) is 0 Å². The summed E-state index contributed by atoms with van der Waals surface area (Å²) in [6.45, 7) is 0. The van der Waals surface area contributed by atoms with Crippen molar-refractivity contribution in [1.29, 1.82) is 0 Å². The molecule has 0 spiro atoms. The minimum absolute atomic E-state index is 0. The first kappa shape index (κ1) is 15.9. The van der Waals surface area contributed by atoms with Gasteiger partial charge in [-0.05, 0) is 5.39 Å². The first-order valence-electron chi connectivity index (χ1n) is 7.95. The number of fused-ring (bicyclic) bond motifs is 6. The number of hydrogen-bond acceptors (Lipinski definition) is 2. The maximum atomic E-state index is 4.94. The monoisotopic (exact) mass is 498 g/mol. The number of benzene rings is 4. The number of rotatable bonds is 1. The molecule has 0 saturated carbocycles. The minimum atomic E-state index is 0. The fraction of sp³-hybridized carbons (Fsp3) is 0. The molecule has 1 heterocycles. The molecule has 25 heavy (non-hydrogen) atoms. The van der Waals surface area contributed by atoms with Gasteiger partial charge in [0, 0.05) is 37.4 Å². The van der Waals surface area contributed by atoms with Crippen LogP contribution in [0.2, 0.25) is 0 Å². The van der Waals surface area contributed by atoms with Gasteiger partial charge in [-0.15, -0.1) is 29.7 Å². The van der Waals surface area contributed by atoms with Crippen LogP contribution in [-0.4, -0.2) is 9.97 Å². The van der Waals surface area contributed by atoms with Gasteiger partial charge in [0.25, 0.3) is 0 Å². The minimum Gasteiger partial charge on any atom is -0.300 e. The summed E-state index contributed by atoms with van der Waals surface area (Å²) in [6, 6.07) is 28.0. The molecule has 0 atom stereocenters. The molecular formula is C22H13IrN2-. The van der Waals surface area contributed by atoms with E-state index in [9.17, 15) is 0 Å². The summed E-state index contributed by atoms with van der Waals surface area (Å²) in [5, 5.41) is 4.52. The summed E-state index contributed by atoms with van der Waals surface area (Å²) in [4.78, 5) is 9.68. The number of hydrogen-bond donors (Lipinski definition) is 0. The van der Waals surface area contributed by atoms with Crippen LogP contribution in [0.4, 0.5) is 0 Å². The van der Waals surface area contributed by atoms with Crippen LogP contribution in [0.15, 0.2) is 79.0 Å². The van der Waals surface area contributed by atoms with E-state index in [1.54, 1.807) is 0 Å². The molecule has 2 nitrogen and oxygen atoms in total. The zero-order chi connectivity index (χ0) is 15.9.